The zero-order valence-electron chi connectivity index (χ0n) is 17.0. The van der Waals surface area contributed by atoms with Gasteiger partial charge in [0.15, 0.2) is 14.6 Å². The van der Waals surface area contributed by atoms with E-state index in [9.17, 15) is 18.0 Å². The van der Waals surface area contributed by atoms with E-state index in [1.807, 2.05) is 35.8 Å². The Morgan fingerprint density at radius 3 is 2.45 bits per heavy atom. The number of carbonyl (C=O) groups is 2. The van der Waals surface area contributed by atoms with Crippen molar-refractivity contribution in [3.63, 3.8) is 0 Å². The maximum Gasteiger partial charge on any atom is 0.263 e. The summed E-state index contributed by atoms with van der Waals surface area (Å²) >= 11 is 1.35. The molecule has 7 nitrogen and oxygen atoms in total. The number of carbonyl (C=O) groups excluding carboxylic acids is 2. The molecule has 1 aromatic carbocycles. The van der Waals surface area contributed by atoms with Crippen LogP contribution >= 0.6 is 11.3 Å². The molecule has 2 atom stereocenters. The van der Waals surface area contributed by atoms with Crippen LogP contribution in [0.15, 0.2) is 29.3 Å². The minimum Gasteiger partial charge on any atom is -0.341 e. The minimum atomic E-state index is -3.87. The van der Waals surface area contributed by atoms with Crippen LogP contribution in [0, 0.1) is 11.8 Å². The van der Waals surface area contributed by atoms with E-state index in [1.165, 1.54) is 11.3 Å². The van der Waals surface area contributed by atoms with Crippen LogP contribution in [-0.2, 0) is 26.0 Å². The second-order valence-electron chi connectivity index (χ2n) is 7.88. The van der Waals surface area contributed by atoms with Gasteiger partial charge in [-0.1, -0.05) is 37.3 Å². The van der Waals surface area contributed by atoms with E-state index in [0.717, 1.165) is 16.6 Å². The molecule has 1 aromatic heterocycles. The van der Waals surface area contributed by atoms with E-state index < -0.39 is 33.2 Å². The molecule has 0 bridgehead atoms. The van der Waals surface area contributed by atoms with E-state index in [1.54, 1.807) is 4.90 Å². The smallest absolute Gasteiger partial charge is 0.263 e. The van der Waals surface area contributed by atoms with Gasteiger partial charge >= 0.3 is 0 Å². The number of aromatic nitrogens is 1. The molecule has 158 valence electrons. The predicted molar refractivity (Wildman–Crippen MR) is 114 cm³/mol. The number of amides is 2. The molecular formula is C20H27N3O4S2. The number of rotatable bonds is 5. The van der Waals surface area contributed by atoms with Gasteiger partial charge in [0.05, 0.1) is 10.2 Å². The number of para-hydroxylation sites is 1. The van der Waals surface area contributed by atoms with Crippen molar-refractivity contribution in [3.05, 3.63) is 29.1 Å². The van der Waals surface area contributed by atoms with Crippen LogP contribution in [0.25, 0.3) is 10.2 Å². The highest BCUT2D eigenvalue weighted by Gasteiger charge is 2.29. The Bertz CT molecular complexity index is 1070. The van der Waals surface area contributed by atoms with Gasteiger partial charge in [-0.3, -0.25) is 9.59 Å². The molecule has 2 aromatic rings. The molecule has 0 radical (unpaired) electrons. The Morgan fingerprint density at radius 1 is 1.14 bits per heavy atom. The van der Waals surface area contributed by atoms with Crippen molar-refractivity contribution in [2.75, 3.05) is 24.6 Å². The van der Waals surface area contributed by atoms with Crippen molar-refractivity contribution in [1.82, 2.24) is 9.47 Å². The summed E-state index contributed by atoms with van der Waals surface area (Å²) in [6.07, 6.45) is 1.03. The first kappa shape index (κ1) is 21.7. The average molecular weight is 438 g/mol. The summed E-state index contributed by atoms with van der Waals surface area (Å²) in [4.78, 5) is 30.9. The largest absolute Gasteiger partial charge is 0.341 e. The third kappa shape index (κ3) is 5.33. The summed E-state index contributed by atoms with van der Waals surface area (Å²) in [5.74, 6) is -1.88. The lowest BCUT2D eigenvalue weighted by Gasteiger charge is -2.34. The van der Waals surface area contributed by atoms with Crippen LogP contribution in [0.4, 0.5) is 0 Å². The van der Waals surface area contributed by atoms with E-state index in [2.05, 4.69) is 18.8 Å². The molecule has 1 saturated heterocycles. The Morgan fingerprint density at radius 2 is 1.79 bits per heavy atom. The maximum absolute atomic E-state index is 12.5. The van der Waals surface area contributed by atoms with Crippen LogP contribution in [0.5, 0.6) is 0 Å². The average Bonchev–Trinajstić information content (AvgIpc) is 2.96. The molecule has 29 heavy (non-hydrogen) atoms. The van der Waals surface area contributed by atoms with Crippen molar-refractivity contribution in [1.29, 1.82) is 0 Å². The molecule has 1 fully saturated rings. The molecule has 1 aliphatic rings. The van der Waals surface area contributed by atoms with E-state index >= 15 is 0 Å². The normalized spacial score (nSPS) is 20.9. The van der Waals surface area contributed by atoms with Crippen LogP contribution in [0.1, 0.15) is 27.2 Å². The number of hydrogen-bond acceptors (Lipinski definition) is 5. The third-order valence-electron chi connectivity index (χ3n) is 5.03. The fraction of sp³-hybridized carbons (Fsp3) is 0.550. The van der Waals surface area contributed by atoms with Crippen molar-refractivity contribution in [2.45, 2.75) is 33.7 Å². The van der Waals surface area contributed by atoms with Crippen molar-refractivity contribution in [3.8, 4) is 0 Å². The maximum atomic E-state index is 12.5. The summed E-state index contributed by atoms with van der Waals surface area (Å²) in [5, 5.41) is 0. The molecule has 0 spiro atoms. The lowest BCUT2D eigenvalue weighted by molar-refractivity contribution is -0.131. The number of thiazole rings is 1. The molecule has 0 N–H and O–H groups in total. The monoisotopic (exact) mass is 437 g/mol. The first-order chi connectivity index (χ1) is 13.7. The molecule has 1 aliphatic heterocycles. The molecule has 0 aliphatic carbocycles. The zero-order valence-corrected chi connectivity index (χ0v) is 18.6. The van der Waals surface area contributed by atoms with Gasteiger partial charge < -0.3 is 9.47 Å². The fourth-order valence-electron chi connectivity index (χ4n) is 3.94. The van der Waals surface area contributed by atoms with E-state index in [0.29, 0.717) is 36.3 Å². The van der Waals surface area contributed by atoms with Crippen molar-refractivity contribution in [2.24, 2.45) is 16.8 Å². The third-order valence-corrected chi connectivity index (χ3v) is 7.47. The summed E-state index contributed by atoms with van der Waals surface area (Å²) in [6.45, 7) is 7.80. The Hall–Kier alpha value is -2.00. The quantitative estimate of drug-likeness (QED) is 0.716. The molecule has 3 rings (SSSR count). The number of fused-ring (bicyclic) bond motifs is 1. The second kappa shape index (κ2) is 8.79. The van der Waals surface area contributed by atoms with Crippen LogP contribution in [0.3, 0.4) is 0 Å². The fourth-order valence-corrected chi connectivity index (χ4v) is 6.15. The lowest BCUT2D eigenvalue weighted by atomic mass is 9.92. The molecular weight excluding hydrogens is 410 g/mol. The minimum absolute atomic E-state index is 0.347. The number of sulfone groups is 1. The van der Waals surface area contributed by atoms with Gasteiger partial charge in [-0.15, -0.1) is 0 Å². The van der Waals surface area contributed by atoms with Crippen LogP contribution in [0.2, 0.25) is 0 Å². The number of hydrogen-bond donors (Lipinski definition) is 0. The van der Waals surface area contributed by atoms with Gasteiger partial charge in [0, 0.05) is 19.6 Å². The topological polar surface area (TPSA) is 88.8 Å². The van der Waals surface area contributed by atoms with E-state index in [-0.39, 0.29) is 0 Å². The molecule has 9 heteroatoms. The highest BCUT2D eigenvalue weighted by molar-refractivity contribution is 7.92. The summed E-state index contributed by atoms with van der Waals surface area (Å²) in [6, 6.07) is 7.69. The zero-order chi connectivity index (χ0) is 21.2. The number of benzene rings is 1. The molecule has 2 amide bonds. The first-order valence-corrected chi connectivity index (χ1v) is 12.5. The summed E-state index contributed by atoms with van der Waals surface area (Å²) in [5.41, 5.74) is 0.956. The van der Waals surface area contributed by atoms with E-state index in [4.69, 9.17) is 0 Å². The standard InChI is InChI=1S/C20H27N3O4S2/c1-4-23-16-7-5-6-8-17(16)28-20(23)21-18(24)12-29(26,27)13-19(25)22-10-14(2)9-15(3)11-22/h5-8,14-15H,4,9-13H2,1-3H3. The Balaban J connectivity index is 1.73. The molecule has 2 heterocycles. The molecule has 2 unspecified atom stereocenters. The second-order valence-corrected chi connectivity index (χ2v) is 11.0. The first-order valence-electron chi connectivity index (χ1n) is 9.82. The SMILES string of the molecule is CCn1c(=NC(=O)CS(=O)(=O)CC(=O)N2CC(C)CC(C)C2)sc2ccccc21. The van der Waals surface area contributed by atoms with Gasteiger partial charge in [0.25, 0.3) is 5.91 Å². The van der Waals surface area contributed by atoms with Crippen LogP contribution < -0.4 is 4.80 Å². The lowest BCUT2D eigenvalue weighted by Crippen LogP contribution is -2.45. The van der Waals surface area contributed by atoms with Crippen LogP contribution in [-0.4, -0.2) is 54.3 Å². The number of piperidine rings is 1. The van der Waals surface area contributed by atoms with Gasteiger partial charge in [-0.05, 0) is 37.3 Å². The van der Waals surface area contributed by atoms with Gasteiger partial charge in [-0.2, -0.15) is 4.99 Å². The number of aryl methyl sites for hydroxylation is 1. The predicted octanol–water partition coefficient (Wildman–Crippen LogP) is 2.07. The van der Waals surface area contributed by atoms with Gasteiger partial charge in [0.1, 0.15) is 11.5 Å². The van der Waals surface area contributed by atoms with Gasteiger partial charge in [-0.25, -0.2) is 8.42 Å². The summed E-state index contributed by atoms with van der Waals surface area (Å²) in [7, 11) is -3.87. The molecule has 0 saturated carbocycles. The Labute approximate surface area is 175 Å². The van der Waals surface area contributed by atoms with Gasteiger partial charge in [0.2, 0.25) is 5.91 Å². The van der Waals surface area contributed by atoms with Crippen molar-refractivity contribution < 1.29 is 18.0 Å². The number of nitrogens with zero attached hydrogens (tertiary/aromatic N) is 3. The number of likely N-dealkylation sites (tertiary alicyclic amines) is 1. The summed E-state index contributed by atoms with van der Waals surface area (Å²) < 4.78 is 27.7. The Kier molecular flexibility index (Phi) is 6.58. The van der Waals surface area contributed by atoms with Crippen molar-refractivity contribution >= 4 is 43.2 Å². The highest BCUT2D eigenvalue weighted by Crippen LogP contribution is 2.21. The highest BCUT2D eigenvalue weighted by atomic mass is 32.2.